The molecule has 66 valence electrons. The van der Waals surface area contributed by atoms with E-state index in [1.54, 1.807) is 0 Å². The summed E-state index contributed by atoms with van der Waals surface area (Å²) in [6.07, 6.45) is 0. The number of benzene rings is 1. The number of carbonyl (C=O) groups is 1. The van der Waals surface area contributed by atoms with Gasteiger partial charge in [0, 0.05) is 0 Å². The maximum absolute atomic E-state index is 11.0. The highest BCUT2D eigenvalue weighted by Crippen LogP contribution is 2.28. The van der Waals surface area contributed by atoms with Gasteiger partial charge in [-0.3, -0.25) is 4.79 Å². The van der Waals surface area contributed by atoms with Crippen LogP contribution in [0.2, 0.25) is 5.02 Å². The van der Waals surface area contributed by atoms with E-state index in [2.05, 4.69) is 0 Å². The summed E-state index contributed by atoms with van der Waals surface area (Å²) in [7, 11) is 0. The molecule has 0 unspecified atom stereocenters. The molecule has 0 radical (unpaired) electrons. The van der Waals surface area contributed by atoms with Gasteiger partial charge in [0.15, 0.2) is 5.78 Å². The molecule has 0 saturated carbocycles. The molecule has 13 heavy (non-hydrogen) atoms. The molecule has 3 nitrogen and oxygen atoms in total. The molecule has 0 saturated heterocycles. The average Bonchev–Trinajstić information content (AvgIpc) is 2.09. The molecule has 0 bridgehead atoms. The molecule has 0 atom stereocenters. The minimum atomic E-state index is -0.323. The van der Waals surface area contributed by atoms with Crippen molar-refractivity contribution in [3.63, 3.8) is 0 Å². The SMILES string of the molecule is CC(=O)c1cc(C#N)cc(Cl)c1O. The lowest BCUT2D eigenvalue weighted by atomic mass is 10.1. The Bertz CT molecular complexity index is 407. The average molecular weight is 196 g/mol. The van der Waals surface area contributed by atoms with Crippen molar-refractivity contribution in [2.45, 2.75) is 6.92 Å². The fourth-order valence-electron chi connectivity index (χ4n) is 0.932. The Morgan fingerprint density at radius 1 is 1.62 bits per heavy atom. The van der Waals surface area contributed by atoms with E-state index >= 15 is 0 Å². The molecule has 1 rings (SSSR count). The van der Waals surface area contributed by atoms with Crippen molar-refractivity contribution < 1.29 is 9.90 Å². The van der Waals surface area contributed by atoms with Gasteiger partial charge in [-0.25, -0.2) is 0 Å². The van der Waals surface area contributed by atoms with Gasteiger partial charge in [-0.2, -0.15) is 5.26 Å². The lowest BCUT2D eigenvalue weighted by Gasteiger charge is -2.02. The second kappa shape index (κ2) is 3.46. The predicted octanol–water partition coefficient (Wildman–Crippen LogP) is 2.12. The van der Waals surface area contributed by atoms with E-state index in [0.29, 0.717) is 0 Å². The minimum Gasteiger partial charge on any atom is -0.506 e. The Kier molecular flexibility index (Phi) is 2.54. The van der Waals surface area contributed by atoms with Crippen molar-refractivity contribution in [2.24, 2.45) is 0 Å². The van der Waals surface area contributed by atoms with Crippen LogP contribution in [-0.4, -0.2) is 10.9 Å². The number of Topliss-reactive ketones (excluding diaryl/α,β-unsaturated/α-hetero) is 1. The summed E-state index contributed by atoms with van der Waals surface area (Å²) in [4.78, 5) is 11.0. The summed E-state index contributed by atoms with van der Waals surface area (Å²) in [5.41, 5.74) is 0.331. The molecule has 0 spiro atoms. The first-order valence-electron chi connectivity index (χ1n) is 3.50. The molecule has 0 aliphatic rings. The fourth-order valence-corrected chi connectivity index (χ4v) is 1.15. The zero-order valence-electron chi connectivity index (χ0n) is 6.84. The standard InChI is InChI=1S/C9H6ClNO2/c1-5(12)7-2-6(4-11)3-8(10)9(7)13/h2-3,13H,1H3. The van der Waals surface area contributed by atoms with Crippen LogP contribution in [0, 0.1) is 11.3 Å². The number of halogens is 1. The van der Waals surface area contributed by atoms with Crippen LogP contribution in [0.15, 0.2) is 12.1 Å². The van der Waals surface area contributed by atoms with E-state index in [0.717, 1.165) is 0 Å². The van der Waals surface area contributed by atoms with E-state index < -0.39 is 0 Å². The van der Waals surface area contributed by atoms with Crippen LogP contribution >= 0.6 is 11.6 Å². The van der Waals surface area contributed by atoms with Crippen molar-refractivity contribution in [1.82, 2.24) is 0 Å². The third-order valence-electron chi connectivity index (χ3n) is 1.57. The zero-order valence-corrected chi connectivity index (χ0v) is 7.59. The predicted molar refractivity (Wildman–Crippen MR) is 47.8 cm³/mol. The fraction of sp³-hybridized carbons (Fsp3) is 0.111. The highest BCUT2D eigenvalue weighted by atomic mass is 35.5. The van der Waals surface area contributed by atoms with Crippen molar-refractivity contribution in [3.8, 4) is 11.8 Å². The maximum atomic E-state index is 11.0. The highest BCUT2D eigenvalue weighted by Gasteiger charge is 2.11. The van der Waals surface area contributed by atoms with Crippen LogP contribution in [0.5, 0.6) is 5.75 Å². The second-order valence-corrected chi connectivity index (χ2v) is 2.93. The normalized spacial score (nSPS) is 9.31. The van der Waals surface area contributed by atoms with E-state index in [1.165, 1.54) is 19.1 Å². The van der Waals surface area contributed by atoms with Gasteiger partial charge in [-0.1, -0.05) is 11.6 Å². The summed E-state index contributed by atoms with van der Waals surface area (Å²) in [5, 5.41) is 17.9. The third kappa shape index (κ3) is 1.79. The van der Waals surface area contributed by atoms with Gasteiger partial charge in [-0.05, 0) is 19.1 Å². The third-order valence-corrected chi connectivity index (χ3v) is 1.86. The number of carbonyl (C=O) groups excluding carboxylic acids is 1. The molecule has 0 amide bonds. The van der Waals surface area contributed by atoms with Crippen LogP contribution in [-0.2, 0) is 0 Å². The van der Waals surface area contributed by atoms with Gasteiger partial charge >= 0.3 is 0 Å². The molecule has 1 aromatic rings. The number of nitriles is 1. The summed E-state index contributed by atoms with van der Waals surface area (Å²) in [5.74, 6) is -0.593. The number of aromatic hydroxyl groups is 1. The molecule has 0 aliphatic heterocycles. The minimum absolute atomic E-state index is 0.0178. The number of rotatable bonds is 1. The first-order valence-corrected chi connectivity index (χ1v) is 3.87. The molecular weight excluding hydrogens is 190 g/mol. The molecule has 4 heteroatoms. The first-order chi connectivity index (χ1) is 6.06. The number of hydrogen-bond acceptors (Lipinski definition) is 3. The Hall–Kier alpha value is -1.53. The molecule has 0 aromatic heterocycles. The zero-order chi connectivity index (χ0) is 10.0. The largest absolute Gasteiger partial charge is 0.506 e. The van der Waals surface area contributed by atoms with E-state index in [9.17, 15) is 9.90 Å². The molecule has 0 aliphatic carbocycles. The lowest BCUT2D eigenvalue weighted by molar-refractivity contribution is 0.101. The number of phenols is 1. The Labute approximate surface area is 80.2 Å². The first kappa shape index (κ1) is 9.56. The Morgan fingerprint density at radius 3 is 2.69 bits per heavy atom. The van der Waals surface area contributed by atoms with Gasteiger partial charge < -0.3 is 5.11 Å². The Morgan fingerprint density at radius 2 is 2.23 bits per heavy atom. The van der Waals surface area contributed by atoms with Crippen molar-refractivity contribution in [3.05, 3.63) is 28.3 Å². The summed E-state index contributed by atoms with van der Waals surface area (Å²) < 4.78 is 0. The second-order valence-electron chi connectivity index (χ2n) is 2.52. The number of phenolic OH excluding ortho intramolecular Hbond substituents is 1. The maximum Gasteiger partial charge on any atom is 0.163 e. The monoisotopic (exact) mass is 195 g/mol. The van der Waals surface area contributed by atoms with Crippen molar-refractivity contribution >= 4 is 17.4 Å². The molecular formula is C9H6ClNO2. The molecule has 1 aromatic carbocycles. The van der Waals surface area contributed by atoms with Gasteiger partial charge in [0.2, 0.25) is 0 Å². The molecule has 0 fully saturated rings. The van der Waals surface area contributed by atoms with E-state index in [1.807, 2.05) is 6.07 Å². The van der Waals surface area contributed by atoms with E-state index in [-0.39, 0.29) is 27.7 Å². The van der Waals surface area contributed by atoms with Crippen LogP contribution in [0.3, 0.4) is 0 Å². The van der Waals surface area contributed by atoms with Gasteiger partial charge in [0.1, 0.15) is 5.75 Å². The van der Waals surface area contributed by atoms with Crippen LogP contribution in [0.25, 0.3) is 0 Å². The topological polar surface area (TPSA) is 61.1 Å². The van der Waals surface area contributed by atoms with Crippen molar-refractivity contribution in [2.75, 3.05) is 0 Å². The quantitative estimate of drug-likeness (QED) is 0.699. The lowest BCUT2D eigenvalue weighted by Crippen LogP contribution is -1.94. The van der Waals surface area contributed by atoms with Gasteiger partial charge in [0.25, 0.3) is 0 Å². The number of hydrogen-bond donors (Lipinski definition) is 1. The number of ketones is 1. The highest BCUT2D eigenvalue weighted by molar-refractivity contribution is 6.32. The van der Waals surface area contributed by atoms with Crippen molar-refractivity contribution in [1.29, 1.82) is 5.26 Å². The van der Waals surface area contributed by atoms with Crippen LogP contribution in [0.4, 0.5) is 0 Å². The van der Waals surface area contributed by atoms with Gasteiger partial charge in [-0.15, -0.1) is 0 Å². The van der Waals surface area contributed by atoms with Crippen LogP contribution in [0.1, 0.15) is 22.8 Å². The smallest absolute Gasteiger partial charge is 0.163 e. The van der Waals surface area contributed by atoms with E-state index in [4.69, 9.17) is 16.9 Å². The van der Waals surface area contributed by atoms with Gasteiger partial charge in [0.05, 0.1) is 22.2 Å². The summed E-state index contributed by atoms with van der Waals surface area (Å²) in [6.45, 7) is 1.30. The summed E-state index contributed by atoms with van der Waals surface area (Å²) in [6, 6.07) is 4.46. The Balaban J connectivity index is 3.44. The number of nitrogens with zero attached hydrogens (tertiary/aromatic N) is 1. The molecule has 1 N–H and O–H groups in total. The molecule has 0 heterocycles. The van der Waals surface area contributed by atoms with Crippen LogP contribution < -0.4 is 0 Å². The summed E-state index contributed by atoms with van der Waals surface area (Å²) >= 11 is 5.59.